The lowest BCUT2D eigenvalue weighted by Gasteiger charge is -2.38. The fraction of sp³-hybridized carbons (Fsp3) is 0.458. The van der Waals surface area contributed by atoms with Crippen molar-refractivity contribution in [3.05, 3.63) is 62.5 Å². The quantitative estimate of drug-likeness (QED) is 0.192. The monoisotopic (exact) mass is 488 g/mol. The number of nitro benzene ring substituents is 1. The molecule has 3 atom stereocenters. The third-order valence-electron chi connectivity index (χ3n) is 6.07. The van der Waals surface area contributed by atoms with E-state index in [-0.39, 0.29) is 23.8 Å². The normalized spacial score (nSPS) is 22.1. The molecular weight excluding hydrogens is 460 g/mol. The van der Waals surface area contributed by atoms with Gasteiger partial charge >= 0.3 is 11.9 Å². The number of dihydropyridines is 1. The molecule has 1 N–H and O–H groups in total. The van der Waals surface area contributed by atoms with Gasteiger partial charge in [0.15, 0.2) is 5.78 Å². The van der Waals surface area contributed by atoms with Crippen LogP contribution in [-0.4, -0.2) is 47.9 Å². The zero-order valence-electron chi connectivity index (χ0n) is 19.6. The number of methoxy groups -OCH3 is 1. The maximum absolute atomic E-state index is 13.6. The summed E-state index contributed by atoms with van der Waals surface area (Å²) in [6.07, 6.45) is 0.414. The molecule has 0 bridgehead atoms. The highest BCUT2D eigenvalue weighted by Crippen LogP contribution is 2.45. The van der Waals surface area contributed by atoms with E-state index < -0.39 is 34.5 Å². The molecule has 1 heterocycles. The van der Waals surface area contributed by atoms with E-state index in [1.54, 1.807) is 25.6 Å². The predicted molar refractivity (Wildman–Crippen MR) is 127 cm³/mol. The number of benzene rings is 1. The van der Waals surface area contributed by atoms with E-state index in [0.29, 0.717) is 34.7 Å². The first kappa shape index (κ1) is 25.5. The van der Waals surface area contributed by atoms with Gasteiger partial charge in [0.1, 0.15) is 12.5 Å². The van der Waals surface area contributed by atoms with Crippen LogP contribution in [0.15, 0.2) is 46.8 Å². The smallest absolute Gasteiger partial charge is 0.336 e. The van der Waals surface area contributed by atoms with E-state index >= 15 is 0 Å². The molecule has 1 aromatic carbocycles. The van der Waals surface area contributed by atoms with E-state index in [4.69, 9.17) is 9.47 Å². The summed E-state index contributed by atoms with van der Waals surface area (Å²) in [4.78, 5) is 49.9. The molecule has 2 aliphatic rings. The van der Waals surface area contributed by atoms with Gasteiger partial charge in [0, 0.05) is 40.8 Å². The van der Waals surface area contributed by atoms with Crippen molar-refractivity contribution in [3.8, 4) is 0 Å². The molecule has 0 saturated carbocycles. The number of hydrogen-bond acceptors (Lipinski definition) is 9. The van der Waals surface area contributed by atoms with Gasteiger partial charge in [-0.2, -0.15) is 11.8 Å². The first-order valence-corrected chi connectivity index (χ1v) is 12.2. The van der Waals surface area contributed by atoms with Crippen molar-refractivity contribution in [3.63, 3.8) is 0 Å². The number of nitrogens with one attached hydrogen (secondary N) is 1. The summed E-state index contributed by atoms with van der Waals surface area (Å²) in [5, 5.41) is 14.3. The lowest BCUT2D eigenvalue weighted by Crippen LogP contribution is -2.43. The van der Waals surface area contributed by atoms with Crippen LogP contribution in [-0.2, 0) is 23.9 Å². The van der Waals surface area contributed by atoms with Gasteiger partial charge in [-0.3, -0.25) is 19.7 Å². The van der Waals surface area contributed by atoms with E-state index in [1.807, 2.05) is 6.92 Å². The van der Waals surface area contributed by atoms with Gasteiger partial charge in [-0.15, -0.1) is 0 Å². The van der Waals surface area contributed by atoms with Crippen molar-refractivity contribution >= 4 is 35.2 Å². The van der Waals surface area contributed by atoms with Gasteiger partial charge in [0.2, 0.25) is 0 Å². The number of non-ortho nitro benzene ring substituents is 1. The number of ether oxygens (including phenoxy) is 2. The van der Waals surface area contributed by atoms with Crippen LogP contribution >= 0.6 is 11.8 Å². The maximum Gasteiger partial charge on any atom is 0.336 e. The Morgan fingerprint density at radius 2 is 1.94 bits per heavy atom. The highest BCUT2D eigenvalue weighted by molar-refractivity contribution is 7.99. The minimum atomic E-state index is -0.997. The second kappa shape index (κ2) is 10.9. The Bertz CT molecular complexity index is 1060. The van der Waals surface area contributed by atoms with Crippen LogP contribution in [0.1, 0.15) is 38.7 Å². The topological polar surface area (TPSA) is 125 Å². The lowest BCUT2D eigenvalue weighted by atomic mass is 9.69. The second-order valence-electron chi connectivity index (χ2n) is 8.22. The van der Waals surface area contributed by atoms with Crippen molar-refractivity contribution < 1.29 is 28.8 Å². The minimum Gasteiger partial charge on any atom is -0.468 e. The fourth-order valence-electron chi connectivity index (χ4n) is 4.49. The van der Waals surface area contributed by atoms with E-state index in [2.05, 4.69) is 5.32 Å². The number of hydrogen-bond donors (Lipinski definition) is 1. The van der Waals surface area contributed by atoms with Crippen molar-refractivity contribution in [1.29, 1.82) is 0 Å². The highest BCUT2D eigenvalue weighted by Gasteiger charge is 2.47. The van der Waals surface area contributed by atoms with Crippen molar-refractivity contribution in [2.45, 2.75) is 33.1 Å². The second-order valence-corrected chi connectivity index (χ2v) is 9.61. The molecule has 0 radical (unpaired) electrons. The Labute approximate surface area is 202 Å². The van der Waals surface area contributed by atoms with Gasteiger partial charge in [-0.25, -0.2) is 4.79 Å². The number of carbonyl (C=O) groups is 3. The molecule has 3 rings (SSSR count). The van der Waals surface area contributed by atoms with Crippen LogP contribution in [0.2, 0.25) is 0 Å². The SMILES string of the molecule is CCSCCOC(=O)C1=C(C)NC2=C(C(=O)[C@H](C(=O)OC)[C@H](C)C2)[C@H]1c1ccc([N+](=O)[O-])cc1. The lowest BCUT2D eigenvalue weighted by molar-refractivity contribution is -0.384. The number of esters is 2. The molecule has 0 unspecified atom stereocenters. The molecule has 0 fully saturated rings. The number of nitrogens with zero attached hydrogens (tertiary/aromatic N) is 1. The number of nitro groups is 1. The molecule has 9 nitrogen and oxygen atoms in total. The molecule has 0 amide bonds. The number of Topliss-reactive ketones (excluding diaryl/α,β-unsaturated/α-hetero) is 1. The van der Waals surface area contributed by atoms with Crippen molar-refractivity contribution in [2.75, 3.05) is 25.2 Å². The van der Waals surface area contributed by atoms with Gasteiger partial charge in [-0.1, -0.05) is 26.0 Å². The van der Waals surface area contributed by atoms with Crippen LogP contribution in [0.25, 0.3) is 0 Å². The Morgan fingerprint density at radius 3 is 2.53 bits per heavy atom. The predicted octanol–water partition coefficient (Wildman–Crippen LogP) is 3.50. The van der Waals surface area contributed by atoms with Crippen LogP contribution < -0.4 is 5.32 Å². The third kappa shape index (κ3) is 5.01. The Morgan fingerprint density at radius 1 is 1.26 bits per heavy atom. The first-order valence-electron chi connectivity index (χ1n) is 11.0. The molecule has 0 saturated heterocycles. The molecule has 1 aromatic rings. The Balaban J connectivity index is 2.08. The number of allylic oxidation sites excluding steroid dienone is 3. The number of rotatable bonds is 8. The zero-order valence-corrected chi connectivity index (χ0v) is 20.4. The summed E-state index contributed by atoms with van der Waals surface area (Å²) in [6.45, 7) is 5.76. The van der Waals surface area contributed by atoms with Crippen molar-refractivity contribution in [2.24, 2.45) is 11.8 Å². The number of ketones is 1. The summed E-state index contributed by atoms with van der Waals surface area (Å²) < 4.78 is 10.4. The average Bonchev–Trinajstić information content (AvgIpc) is 2.80. The van der Waals surface area contributed by atoms with Gasteiger partial charge < -0.3 is 14.8 Å². The van der Waals surface area contributed by atoms with E-state index in [0.717, 1.165) is 5.75 Å². The third-order valence-corrected chi connectivity index (χ3v) is 6.93. The molecule has 10 heteroatoms. The average molecular weight is 489 g/mol. The molecule has 1 aliphatic carbocycles. The summed E-state index contributed by atoms with van der Waals surface area (Å²) in [7, 11) is 1.24. The number of thioether (sulfide) groups is 1. The van der Waals surface area contributed by atoms with E-state index in [9.17, 15) is 24.5 Å². The molecule has 34 heavy (non-hydrogen) atoms. The minimum absolute atomic E-state index is 0.107. The van der Waals surface area contributed by atoms with Gasteiger partial charge in [-0.05, 0) is 30.6 Å². The largest absolute Gasteiger partial charge is 0.468 e. The maximum atomic E-state index is 13.6. The van der Waals surface area contributed by atoms with Crippen LogP contribution in [0.3, 0.4) is 0 Å². The summed E-state index contributed by atoms with van der Waals surface area (Å²) >= 11 is 1.64. The van der Waals surface area contributed by atoms with Gasteiger partial charge in [0.25, 0.3) is 5.69 Å². The van der Waals surface area contributed by atoms with E-state index in [1.165, 1.54) is 31.4 Å². The highest BCUT2D eigenvalue weighted by atomic mass is 32.2. The van der Waals surface area contributed by atoms with Crippen molar-refractivity contribution in [1.82, 2.24) is 5.32 Å². The molecule has 1 aliphatic heterocycles. The molecular formula is C24H28N2O7S. The zero-order chi connectivity index (χ0) is 25.0. The Kier molecular flexibility index (Phi) is 8.14. The Hall–Kier alpha value is -3.14. The van der Waals surface area contributed by atoms with Crippen LogP contribution in [0, 0.1) is 22.0 Å². The van der Waals surface area contributed by atoms with Crippen LogP contribution in [0.4, 0.5) is 5.69 Å². The molecule has 182 valence electrons. The van der Waals surface area contributed by atoms with Crippen LogP contribution in [0.5, 0.6) is 0 Å². The summed E-state index contributed by atoms with van der Waals surface area (Å²) in [5.74, 6) is -2.20. The molecule has 0 spiro atoms. The number of carbonyl (C=O) groups excluding carboxylic acids is 3. The fourth-order valence-corrected chi connectivity index (χ4v) is 4.98. The summed E-state index contributed by atoms with van der Waals surface area (Å²) in [5.41, 5.74) is 2.15. The van der Waals surface area contributed by atoms with Gasteiger partial charge in [0.05, 0.1) is 17.6 Å². The standard InChI is InChI=1S/C24H28N2O7S/c1-5-34-11-10-33-24(29)19-14(3)25-17-12-13(2)18(23(28)32-4)22(27)21(17)20(19)15-6-8-16(9-7-15)26(30)31/h6-9,13,18,20,25H,5,10-12H2,1-4H3/t13-,18-,20+/m1/s1. The summed E-state index contributed by atoms with van der Waals surface area (Å²) in [6, 6.07) is 5.73. The first-order chi connectivity index (χ1) is 16.2. The molecule has 0 aromatic heterocycles.